The molecule has 3 heteroatoms. The number of esters is 1. The van der Waals surface area contributed by atoms with Gasteiger partial charge in [0.25, 0.3) is 0 Å². The van der Waals surface area contributed by atoms with Crippen LogP contribution < -0.4 is 0 Å². The maximum absolute atomic E-state index is 11.7. The summed E-state index contributed by atoms with van der Waals surface area (Å²) in [7, 11) is 1.49. The monoisotopic (exact) mass is 235 g/mol. The largest absolute Gasteiger partial charge is 0.468 e. The van der Waals surface area contributed by atoms with Crippen LogP contribution in [-0.2, 0) is 9.53 Å². The van der Waals surface area contributed by atoms with Crippen LogP contribution in [-0.4, -0.2) is 37.1 Å². The van der Waals surface area contributed by atoms with Crippen molar-refractivity contribution in [1.82, 2.24) is 4.90 Å². The third-order valence-corrected chi connectivity index (χ3v) is 4.99. The summed E-state index contributed by atoms with van der Waals surface area (Å²) < 4.78 is 4.91. The van der Waals surface area contributed by atoms with Crippen molar-refractivity contribution in [2.75, 3.05) is 20.2 Å². The van der Waals surface area contributed by atoms with Crippen molar-refractivity contribution in [2.24, 2.45) is 23.7 Å². The van der Waals surface area contributed by atoms with E-state index in [1.807, 2.05) is 0 Å². The van der Waals surface area contributed by atoms with Crippen LogP contribution in [0.2, 0.25) is 0 Å². The summed E-state index contributed by atoms with van der Waals surface area (Å²) >= 11 is 0. The van der Waals surface area contributed by atoms with Gasteiger partial charge in [0.2, 0.25) is 0 Å². The van der Waals surface area contributed by atoms with Gasteiger partial charge in [-0.2, -0.15) is 0 Å². The fourth-order valence-electron chi connectivity index (χ4n) is 4.15. The summed E-state index contributed by atoms with van der Waals surface area (Å²) in [5.74, 6) is 3.09. The van der Waals surface area contributed by atoms with Gasteiger partial charge >= 0.3 is 5.97 Å². The van der Waals surface area contributed by atoms with Crippen LogP contribution in [0.3, 0.4) is 0 Å². The molecule has 1 saturated carbocycles. The van der Waals surface area contributed by atoms with Gasteiger partial charge in [-0.05, 0) is 36.5 Å². The second-order valence-corrected chi connectivity index (χ2v) is 5.68. The normalized spacial score (nSPS) is 40.6. The van der Waals surface area contributed by atoms with Gasteiger partial charge in [0, 0.05) is 13.1 Å². The van der Waals surface area contributed by atoms with Crippen molar-refractivity contribution in [3.8, 4) is 0 Å². The van der Waals surface area contributed by atoms with E-state index in [1.54, 1.807) is 0 Å². The van der Waals surface area contributed by atoms with E-state index in [2.05, 4.69) is 24.0 Å². The summed E-state index contributed by atoms with van der Waals surface area (Å²) in [6.45, 7) is 4.25. The third-order valence-electron chi connectivity index (χ3n) is 4.99. The highest BCUT2D eigenvalue weighted by Gasteiger charge is 2.50. The predicted molar refractivity (Wildman–Crippen MR) is 65.4 cm³/mol. The predicted octanol–water partition coefficient (Wildman–Crippen LogP) is 1.69. The number of carbonyl (C=O) groups is 1. The number of ether oxygens (including phenoxy) is 1. The Balaban J connectivity index is 1.71. The lowest BCUT2D eigenvalue weighted by molar-refractivity contribution is -0.146. The molecule has 2 fully saturated rings. The highest BCUT2D eigenvalue weighted by Crippen LogP contribution is 2.51. The van der Waals surface area contributed by atoms with Gasteiger partial charge < -0.3 is 4.74 Å². The first kappa shape index (κ1) is 11.3. The fourth-order valence-corrected chi connectivity index (χ4v) is 4.15. The molecular weight excluding hydrogens is 214 g/mol. The molecule has 3 nitrogen and oxygen atoms in total. The van der Waals surface area contributed by atoms with Crippen molar-refractivity contribution in [3.63, 3.8) is 0 Å². The fraction of sp³-hybridized carbons (Fsp3) is 0.786. The summed E-state index contributed by atoms with van der Waals surface area (Å²) in [6.07, 6.45) is 7.01. The molecule has 5 atom stereocenters. The van der Waals surface area contributed by atoms with Gasteiger partial charge in [0.05, 0.1) is 7.11 Å². The van der Waals surface area contributed by atoms with E-state index in [0.29, 0.717) is 0 Å². The summed E-state index contributed by atoms with van der Waals surface area (Å²) in [6, 6.07) is -0.0231. The van der Waals surface area contributed by atoms with Crippen molar-refractivity contribution in [2.45, 2.75) is 25.8 Å². The summed E-state index contributed by atoms with van der Waals surface area (Å²) in [5.41, 5.74) is 0. The van der Waals surface area contributed by atoms with E-state index in [0.717, 1.165) is 43.2 Å². The molecule has 94 valence electrons. The summed E-state index contributed by atoms with van der Waals surface area (Å²) in [5, 5.41) is 0. The van der Waals surface area contributed by atoms with Crippen molar-refractivity contribution < 1.29 is 9.53 Å². The lowest BCUT2D eigenvalue weighted by atomic mass is 9.86. The molecule has 3 rings (SSSR count). The number of hydrogen-bond donors (Lipinski definition) is 0. The first-order valence-corrected chi connectivity index (χ1v) is 6.74. The lowest BCUT2D eigenvalue weighted by Crippen LogP contribution is -2.40. The molecule has 0 radical (unpaired) electrons. The van der Waals surface area contributed by atoms with Gasteiger partial charge in [0.1, 0.15) is 6.04 Å². The lowest BCUT2D eigenvalue weighted by Gasteiger charge is -2.25. The van der Waals surface area contributed by atoms with Crippen molar-refractivity contribution in [1.29, 1.82) is 0 Å². The maximum Gasteiger partial charge on any atom is 0.323 e. The molecule has 1 saturated heterocycles. The first-order valence-electron chi connectivity index (χ1n) is 6.74. The topological polar surface area (TPSA) is 29.5 Å². The minimum atomic E-state index is -0.0622. The zero-order valence-electron chi connectivity index (χ0n) is 10.6. The highest BCUT2D eigenvalue weighted by atomic mass is 16.5. The number of hydrogen-bond acceptors (Lipinski definition) is 3. The Hall–Kier alpha value is -0.830. The molecule has 0 spiro atoms. The van der Waals surface area contributed by atoms with Crippen LogP contribution in [0.1, 0.15) is 19.8 Å². The molecule has 0 amide bonds. The number of fused-ring (bicyclic) bond motifs is 5. The van der Waals surface area contributed by atoms with Crippen molar-refractivity contribution in [3.05, 3.63) is 12.2 Å². The molecule has 0 N–H and O–H groups in total. The molecule has 1 heterocycles. The zero-order chi connectivity index (χ0) is 12.0. The van der Waals surface area contributed by atoms with Crippen LogP contribution in [0, 0.1) is 23.7 Å². The number of likely N-dealkylation sites (tertiary alicyclic amines) is 1. The van der Waals surface area contributed by atoms with E-state index < -0.39 is 0 Å². The number of allylic oxidation sites excluding steroid dienone is 2. The molecule has 2 aliphatic carbocycles. The van der Waals surface area contributed by atoms with Gasteiger partial charge in [-0.25, -0.2) is 0 Å². The Morgan fingerprint density at radius 1 is 1.35 bits per heavy atom. The zero-order valence-corrected chi connectivity index (χ0v) is 10.6. The number of methoxy groups -OCH3 is 1. The second kappa shape index (κ2) is 4.13. The minimum Gasteiger partial charge on any atom is -0.468 e. The van der Waals surface area contributed by atoms with Crippen molar-refractivity contribution >= 4 is 5.97 Å². The average Bonchev–Trinajstić information content (AvgIpc) is 3.00. The van der Waals surface area contributed by atoms with E-state index in [9.17, 15) is 4.79 Å². The van der Waals surface area contributed by atoms with Gasteiger partial charge in [-0.1, -0.05) is 19.1 Å². The van der Waals surface area contributed by atoms with Crippen LogP contribution >= 0.6 is 0 Å². The molecular formula is C14H21NO2. The highest BCUT2D eigenvalue weighted by molar-refractivity contribution is 5.75. The molecule has 5 unspecified atom stereocenters. The molecule has 2 bridgehead atoms. The molecule has 1 aliphatic heterocycles. The molecule has 0 aromatic heterocycles. The quantitative estimate of drug-likeness (QED) is 0.551. The maximum atomic E-state index is 11.7. The average molecular weight is 235 g/mol. The Bertz CT molecular complexity index is 332. The smallest absolute Gasteiger partial charge is 0.323 e. The van der Waals surface area contributed by atoms with E-state index in [1.165, 1.54) is 13.5 Å². The molecule has 0 aromatic rings. The number of nitrogens with zero attached hydrogens (tertiary/aromatic N) is 1. The third kappa shape index (κ3) is 1.63. The Morgan fingerprint density at radius 3 is 2.41 bits per heavy atom. The molecule has 0 aromatic carbocycles. The van der Waals surface area contributed by atoms with Crippen LogP contribution in [0.4, 0.5) is 0 Å². The Labute approximate surface area is 103 Å². The van der Waals surface area contributed by atoms with Crippen LogP contribution in [0.25, 0.3) is 0 Å². The van der Waals surface area contributed by atoms with Gasteiger partial charge in [0.15, 0.2) is 0 Å². The van der Waals surface area contributed by atoms with E-state index in [-0.39, 0.29) is 12.0 Å². The van der Waals surface area contributed by atoms with E-state index in [4.69, 9.17) is 4.74 Å². The standard InChI is InChI=1S/C14H21NO2/c1-3-13(14(16)17-2)15-7-11-9-4-5-10(6-9)12(11)8-15/h4-5,9-13H,3,6-8H2,1-2H3. The molecule has 17 heavy (non-hydrogen) atoms. The number of carbonyl (C=O) groups excluding carboxylic acids is 1. The van der Waals surface area contributed by atoms with Crippen LogP contribution in [0.15, 0.2) is 12.2 Å². The first-order chi connectivity index (χ1) is 8.24. The SMILES string of the molecule is CCC(C(=O)OC)N1CC2C3C=CC(C3)C2C1. The number of rotatable bonds is 3. The summed E-state index contributed by atoms with van der Waals surface area (Å²) in [4.78, 5) is 14.1. The van der Waals surface area contributed by atoms with E-state index >= 15 is 0 Å². The second-order valence-electron chi connectivity index (χ2n) is 5.68. The minimum absolute atomic E-state index is 0.0231. The van der Waals surface area contributed by atoms with Crippen LogP contribution in [0.5, 0.6) is 0 Å². The molecule has 3 aliphatic rings. The van der Waals surface area contributed by atoms with Gasteiger partial charge in [-0.3, -0.25) is 9.69 Å². The Kier molecular flexibility index (Phi) is 2.74. The van der Waals surface area contributed by atoms with Gasteiger partial charge in [-0.15, -0.1) is 0 Å². The Morgan fingerprint density at radius 2 is 1.94 bits per heavy atom.